The number of Topliss-reactive ketones (excluding diaryl/α,β-unsaturated/α-hetero) is 1. The van der Waals surface area contributed by atoms with Gasteiger partial charge in [0.1, 0.15) is 17.3 Å². The molecule has 7 heteroatoms. The van der Waals surface area contributed by atoms with Gasteiger partial charge in [-0.1, -0.05) is 26.0 Å². The van der Waals surface area contributed by atoms with Crippen molar-refractivity contribution in [3.63, 3.8) is 0 Å². The Hall–Kier alpha value is -3.32. The Labute approximate surface area is 195 Å². The van der Waals surface area contributed by atoms with E-state index < -0.39 is 17.7 Å². The van der Waals surface area contributed by atoms with E-state index in [1.165, 1.54) is 0 Å². The summed E-state index contributed by atoms with van der Waals surface area (Å²) in [5.74, 6) is -0.121. The molecule has 1 heterocycles. The number of rotatable bonds is 9. The maximum atomic E-state index is 13.2. The van der Waals surface area contributed by atoms with Crippen LogP contribution >= 0.6 is 0 Å². The number of nitrogens with zero attached hydrogens (tertiary/aromatic N) is 2. The number of methoxy groups -OCH3 is 2. The fourth-order valence-corrected chi connectivity index (χ4v) is 4.21. The Morgan fingerprint density at radius 1 is 1.03 bits per heavy atom. The van der Waals surface area contributed by atoms with Crippen LogP contribution in [-0.2, 0) is 9.59 Å². The number of aliphatic hydroxyl groups is 1. The van der Waals surface area contributed by atoms with Crippen LogP contribution in [0.25, 0.3) is 5.76 Å². The topological polar surface area (TPSA) is 79.3 Å². The van der Waals surface area contributed by atoms with Gasteiger partial charge in [-0.15, -0.1) is 0 Å². The maximum Gasteiger partial charge on any atom is 0.295 e. The number of ether oxygens (including phenoxy) is 2. The van der Waals surface area contributed by atoms with Crippen LogP contribution in [0.2, 0.25) is 0 Å². The molecule has 0 aromatic heterocycles. The average Bonchev–Trinajstić information content (AvgIpc) is 3.09. The second kappa shape index (κ2) is 10.5. The van der Waals surface area contributed by atoms with Crippen LogP contribution in [0.1, 0.15) is 36.6 Å². The first-order valence-electron chi connectivity index (χ1n) is 11.2. The Kier molecular flexibility index (Phi) is 7.76. The third-order valence-electron chi connectivity index (χ3n) is 6.19. The lowest BCUT2D eigenvalue weighted by atomic mass is 9.94. The summed E-state index contributed by atoms with van der Waals surface area (Å²) in [6.45, 7) is 8.68. The normalized spacial score (nSPS) is 17.6. The lowest BCUT2D eigenvalue weighted by Crippen LogP contribution is -2.38. The molecular weight excluding hydrogens is 420 g/mol. The smallest absolute Gasteiger partial charge is 0.295 e. The van der Waals surface area contributed by atoms with Crippen LogP contribution < -0.4 is 9.47 Å². The van der Waals surface area contributed by atoms with Gasteiger partial charge >= 0.3 is 0 Å². The van der Waals surface area contributed by atoms with Gasteiger partial charge in [0, 0.05) is 18.7 Å². The van der Waals surface area contributed by atoms with E-state index in [-0.39, 0.29) is 11.3 Å². The minimum Gasteiger partial charge on any atom is -0.507 e. The number of aliphatic hydroxyl groups excluding tert-OH is 1. The van der Waals surface area contributed by atoms with Crippen molar-refractivity contribution in [1.29, 1.82) is 0 Å². The van der Waals surface area contributed by atoms with E-state index >= 15 is 0 Å². The highest BCUT2D eigenvalue weighted by molar-refractivity contribution is 6.46. The SMILES string of the molecule is CCN(CC)CCN1C(=O)C(=O)C(=C(O)c2ccc(OC)c(C)c2)[C@@H]1c1ccc(OC)cc1. The first-order valence-corrected chi connectivity index (χ1v) is 11.2. The van der Waals surface area contributed by atoms with Crippen molar-refractivity contribution >= 4 is 17.4 Å². The number of amides is 1. The van der Waals surface area contributed by atoms with E-state index in [1.54, 1.807) is 49.5 Å². The van der Waals surface area contributed by atoms with Crippen molar-refractivity contribution in [2.24, 2.45) is 0 Å². The quantitative estimate of drug-likeness (QED) is 0.354. The number of aryl methyl sites for hydroxylation is 1. The second-order valence-corrected chi connectivity index (χ2v) is 7.98. The van der Waals surface area contributed by atoms with Crippen LogP contribution in [0.3, 0.4) is 0 Å². The zero-order valence-corrected chi connectivity index (χ0v) is 19.9. The molecule has 176 valence electrons. The van der Waals surface area contributed by atoms with Gasteiger partial charge in [0.25, 0.3) is 11.7 Å². The predicted molar refractivity (Wildman–Crippen MR) is 128 cm³/mol. The summed E-state index contributed by atoms with van der Waals surface area (Å²) in [5, 5.41) is 11.2. The number of likely N-dealkylation sites (tertiary alicyclic amines) is 1. The fraction of sp³-hybridized carbons (Fsp3) is 0.385. The fourth-order valence-electron chi connectivity index (χ4n) is 4.21. The summed E-state index contributed by atoms with van der Waals surface area (Å²) in [7, 11) is 3.16. The molecule has 1 amide bonds. The number of hydrogen-bond donors (Lipinski definition) is 1. The first-order chi connectivity index (χ1) is 15.9. The number of likely N-dealkylation sites (N-methyl/N-ethyl adjacent to an activating group) is 1. The summed E-state index contributed by atoms with van der Waals surface area (Å²) in [4.78, 5) is 30.0. The molecule has 2 aromatic rings. The molecule has 2 aromatic carbocycles. The van der Waals surface area contributed by atoms with Crippen LogP contribution in [-0.4, -0.2) is 67.0 Å². The largest absolute Gasteiger partial charge is 0.507 e. The molecule has 0 unspecified atom stereocenters. The Morgan fingerprint density at radius 3 is 2.24 bits per heavy atom. The van der Waals surface area contributed by atoms with Crippen molar-refractivity contribution in [3.8, 4) is 11.5 Å². The van der Waals surface area contributed by atoms with E-state index in [4.69, 9.17) is 9.47 Å². The van der Waals surface area contributed by atoms with Gasteiger partial charge in [-0.3, -0.25) is 9.59 Å². The maximum absolute atomic E-state index is 13.2. The number of benzene rings is 2. The highest BCUT2D eigenvalue weighted by Crippen LogP contribution is 2.40. The molecule has 1 saturated heterocycles. The number of carbonyl (C=O) groups is 2. The molecule has 3 rings (SSSR count). The lowest BCUT2D eigenvalue weighted by Gasteiger charge is -2.28. The summed E-state index contributed by atoms with van der Waals surface area (Å²) < 4.78 is 10.6. The summed E-state index contributed by atoms with van der Waals surface area (Å²) >= 11 is 0. The van der Waals surface area contributed by atoms with Crippen LogP contribution in [0.4, 0.5) is 0 Å². The van der Waals surface area contributed by atoms with Gasteiger partial charge in [0.2, 0.25) is 0 Å². The van der Waals surface area contributed by atoms with Gasteiger partial charge < -0.3 is 24.4 Å². The van der Waals surface area contributed by atoms with Crippen LogP contribution in [0.15, 0.2) is 48.0 Å². The molecule has 1 aliphatic heterocycles. The van der Waals surface area contributed by atoms with E-state index in [2.05, 4.69) is 18.7 Å². The average molecular weight is 453 g/mol. The van der Waals surface area contributed by atoms with Crippen molar-refractivity contribution in [3.05, 3.63) is 64.7 Å². The molecule has 0 aliphatic carbocycles. The first kappa shape index (κ1) is 24.3. The number of carbonyl (C=O) groups excluding carboxylic acids is 2. The van der Waals surface area contributed by atoms with E-state index in [9.17, 15) is 14.7 Å². The van der Waals surface area contributed by atoms with Crippen molar-refractivity contribution < 1.29 is 24.2 Å². The van der Waals surface area contributed by atoms with Gasteiger partial charge in [-0.25, -0.2) is 0 Å². The highest BCUT2D eigenvalue weighted by Gasteiger charge is 2.46. The molecule has 1 atom stereocenters. The molecule has 1 N–H and O–H groups in total. The molecular formula is C26H32N2O5. The monoisotopic (exact) mass is 452 g/mol. The number of ketones is 1. The molecule has 0 radical (unpaired) electrons. The minimum absolute atomic E-state index is 0.0919. The van der Waals surface area contributed by atoms with Gasteiger partial charge in [0.15, 0.2) is 0 Å². The van der Waals surface area contributed by atoms with E-state index in [0.717, 1.165) is 24.2 Å². The standard InChI is InChI=1S/C26H32N2O5/c1-6-27(7-2)14-15-28-23(18-8-11-20(32-4)12-9-18)22(25(30)26(28)31)24(29)19-10-13-21(33-5)17(3)16-19/h8-13,16,23,29H,6-7,14-15H2,1-5H3/t23-/m0/s1. The third-order valence-corrected chi connectivity index (χ3v) is 6.19. The van der Waals surface area contributed by atoms with E-state index in [1.807, 2.05) is 19.1 Å². The molecule has 0 bridgehead atoms. The summed E-state index contributed by atoms with van der Waals surface area (Å²) in [6, 6.07) is 11.7. The zero-order chi connectivity index (χ0) is 24.1. The predicted octanol–water partition coefficient (Wildman–Crippen LogP) is 3.78. The van der Waals surface area contributed by atoms with Crippen LogP contribution in [0.5, 0.6) is 11.5 Å². The summed E-state index contributed by atoms with van der Waals surface area (Å²) in [5.41, 5.74) is 2.11. The van der Waals surface area contributed by atoms with Gasteiger partial charge in [-0.05, 0) is 61.5 Å². The molecule has 7 nitrogen and oxygen atoms in total. The van der Waals surface area contributed by atoms with Crippen molar-refractivity contribution in [2.45, 2.75) is 26.8 Å². The highest BCUT2D eigenvalue weighted by atomic mass is 16.5. The third kappa shape index (κ3) is 4.88. The zero-order valence-electron chi connectivity index (χ0n) is 19.9. The van der Waals surface area contributed by atoms with Crippen LogP contribution in [0, 0.1) is 6.92 Å². The molecule has 1 fully saturated rings. The molecule has 1 aliphatic rings. The van der Waals surface area contributed by atoms with Gasteiger partial charge in [0.05, 0.1) is 25.8 Å². The van der Waals surface area contributed by atoms with Crippen molar-refractivity contribution in [2.75, 3.05) is 40.4 Å². The van der Waals surface area contributed by atoms with Gasteiger partial charge in [-0.2, -0.15) is 0 Å². The number of hydrogen-bond acceptors (Lipinski definition) is 6. The summed E-state index contributed by atoms with van der Waals surface area (Å²) in [6.07, 6.45) is 0. The molecule has 0 saturated carbocycles. The second-order valence-electron chi connectivity index (χ2n) is 7.98. The Balaban J connectivity index is 2.10. The Bertz CT molecular complexity index is 1040. The minimum atomic E-state index is -0.686. The Morgan fingerprint density at radius 2 is 1.70 bits per heavy atom. The van der Waals surface area contributed by atoms with Crippen molar-refractivity contribution in [1.82, 2.24) is 9.80 Å². The molecule has 0 spiro atoms. The molecule has 33 heavy (non-hydrogen) atoms. The van der Waals surface area contributed by atoms with E-state index in [0.29, 0.717) is 30.2 Å². The lowest BCUT2D eigenvalue weighted by molar-refractivity contribution is -0.140.